The molecule has 14 rings (SSSR count). The fraction of sp³-hybridized carbons (Fsp3) is 0.103. The van der Waals surface area contributed by atoms with Crippen molar-refractivity contribution in [1.29, 1.82) is 0 Å². The van der Waals surface area contributed by atoms with Gasteiger partial charge in [0.2, 0.25) is 0 Å². The van der Waals surface area contributed by atoms with E-state index in [9.17, 15) is 0 Å². The molecular weight excluding hydrogens is 759 g/mol. The van der Waals surface area contributed by atoms with Gasteiger partial charge in [-0.25, -0.2) is 0 Å². The third-order valence-corrected chi connectivity index (χ3v) is 15.8. The van der Waals surface area contributed by atoms with Crippen molar-refractivity contribution in [3.8, 4) is 33.4 Å². The molecule has 0 bridgehead atoms. The Bertz CT molecular complexity index is 3600. The SMILES string of the molecule is CC1(C)c2ccccc2-c2ccc(N(c3cccc4c3C3(c5ccccc5-4)c4ccccc4-c4c3ccc3c5c(sc43)CCC=C5)c3cccc4c3oc3ccccc34)cc21. The van der Waals surface area contributed by atoms with Gasteiger partial charge in [0.15, 0.2) is 5.58 Å². The van der Waals surface area contributed by atoms with Crippen LogP contribution in [0, 0.1) is 0 Å². The highest BCUT2D eigenvalue weighted by atomic mass is 32.1. The predicted molar refractivity (Wildman–Crippen MR) is 255 cm³/mol. The van der Waals surface area contributed by atoms with Gasteiger partial charge in [0, 0.05) is 48.0 Å². The molecule has 0 radical (unpaired) electrons. The van der Waals surface area contributed by atoms with Gasteiger partial charge in [-0.3, -0.25) is 0 Å². The average Bonchev–Trinajstić information content (AvgIpc) is 4.08. The summed E-state index contributed by atoms with van der Waals surface area (Å²) >= 11 is 2.01. The van der Waals surface area contributed by atoms with Gasteiger partial charge in [-0.15, -0.1) is 11.3 Å². The molecule has 4 aliphatic rings. The number of para-hydroxylation sites is 2. The van der Waals surface area contributed by atoms with Gasteiger partial charge >= 0.3 is 0 Å². The summed E-state index contributed by atoms with van der Waals surface area (Å²) in [5.74, 6) is 0. The van der Waals surface area contributed by atoms with E-state index in [1.807, 2.05) is 11.3 Å². The molecule has 1 spiro atoms. The van der Waals surface area contributed by atoms with Gasteiger partial charge in [0.05, 0.1) is 16.8 Å². The Morgan fingerprint density at radius 2 is 1.21 bits per heavy atom. The van der Waals surface area contributed by atoms with Crippen molar-refractivity contribution in [2.24, 2.45) is 0 Å². The average molecular weight is 798 g/mol. The fourth-order valence-electron chi connectivity index (χ4n) is 12.0. The lowest BCUT2D eigenvalue weighted by Gasteiger charge is -2.36. The molecule has 0 aliphatic heterocycles. The maximum atomic E-state index is 6.94. The Labute approximate surface area is 358 Å². The Balaban J connectivity index is 1.11. The Hall–Kier alpha value is -6.94. The quantitative estimate of drug-likeness (QED) is 0.177. The zero-order valence-electron chi connectivity index (χ0n) is 33.9. The number of hydrogen-bond acceptors (Lipinski definition) is 3. The zero-order chi connectivity index (χ0) is 40.2. The smallest absolute Gasteiger partial charge is 0.159 e. The number of furan rings is 1. The molecule has 1 unspecified atom stereocenters. The molecule has 4 aliphatic carbocycles. The van der Waals surface area contributed by atoms with Crippen LogP contribution < -0.4 is 4.90 Å². The van der Waals surface area contributed by atoms with Crippen molar-refractivity contribution in [3.05, 3.63) is 214 Å². The number of fused-ring (bicyclic) bond motifs is 20. The zero-order valence-corrected chi connectivity index (χ0v) is 34.7. The second-order valence-corrected chi connectivity index (χ2v) is 18.9. The molecule has 61 heavy (non-hydrogen) atoms. The monoisotopic (exact) mass is 797 g/mol. The normalized spacial score (nSPS) is 17.0. The number of aryl methyl sites for hydroxylation is 1. The third-order valence-electron chi connectivity index (χ3n) is 14.5. The van der Waals surface area contributed by atoms with Crippen LogP contribution in [0.1, 0.15) is 64.1 Å². The first kappa shape index (κ1) is 33.8. The van der Waals surface area contributed by atoms with Crippen LogP contribution >= 0.6 is 11.3 Å². The summed E-state index contributed by atoms with van der Waals surface area (Å²) in [4.78, 5) is 4.04. The van der Waals surface area contributed by atoms with Crippen LogP contribution in [-0.2, 0) is 17.3 Å². The molecule has 1 atom stereocenters. The van der Waals surface area contributed by atoms with Crippen LogP contribution in [0.25, 0.3) is 71.5 Å². The highest BCUT2D eigenvalue weighted by molar-refractivity contribution is 7.20. The second-order valence-electron chi connectivity index (χ2n) is 17.8. The summed E-state index contributed by atoms with van der Waals surface area (Å²) in [6, 6.07) is 61.7. The molecule has 0 fully saturated rings. The molecule has 8 aromatic carbocycles. The first-order valence-corrected chi connectivity index (χ1v) is 22.4. The van der Waals surface area contributed by atoms with Crippen LogP contribution in [0.15, 0.2) is 174 Å². The van der Waals surface area contributed by atoms with E-state index >= 15 is 0 Å². The molecule has 0 saturated carbocycles. The van der Waals surface area contributed by atoms with Gasteiger partial charge in [-0.2, -0.15) is 0 Å². The number of allylic oxidation sites excluding steroid dienone is 1. The maximum Gasteiger partial charge on any atom is 0.159 e. The van der Waals surface area contributed by atoms with Crippen LogP contribution in [0.2, 0.25) is 0 Å². The molecule has 2 nitrogen and oxygen atoms in total. The van der Waals surface area contributed by atoms with E-state index in [1.54, 1.807) is 0 Å². The Kier molecular flexibility index (Phi) is 6.59. The van der Waals surface area contributed by atoms with E-state index in [4.69, 9.17) is 4.42 Å². The van der Waals surface area contributed by atoms with Crippen molar-refractivity contribution in [3.63, 3.8) is 0 Å². The van der Waals surface area contributed by atoms with Crippen molar-refractivity contribution in [2.75, 3.05) is 4.90 Å². The van der Waals surface area contributed by atoms with Crippen LogP contribution in [0.5, 0.6) is 0 Å². The van der Waals surface area contributed by atoms with E-state index in [0.717, 1.165) is 51.8 Å². The van der Waals surface area contributed by atoms with Crippen molar-refractivity contribution >= 4 is 66.5 Å². The Morgan fingerprint density at radius 1 is 0.541 bits per heavy atom. The minimum Gasteiger partial charge on any atom is -0.454 e. The highest BCUT2D eigenvalue weighted by Crippen LogP contribution is 2.67. The van der Waals surface area contributed by atoms with E-state index in [2.05, 4.69) is 195 Å². The molecule has 2 aromatic heterocycles. The molecule has 2 heterocycles. The second kappa shape index (κ2) is 11.9. The molecule has 3 heteroatoms. The standard InChI is InChI=1S/C58H39NOS/c1-57(2)44-22-8-3-15-35(44)37-30-29-34(33-48(37)57)59(50-26-14-21-41-38-17-6-11-27-51(38)60-55(41)50)49-25-13-20-40-36-16-4-9-23-45(36)58(54(40)49)46-24-10-5-19-43(46)53-47(58)32-31-42-39-18-7-12-28-52(39)61-56(42)53/h3-11,13-27,29-33H,12,28H2,1-2H3. The summed E-state index contributed by atoms with van der Waals surface area (Å²) < 4.78 is 8.35. The van der Waals surface area contributed by atoms with Gasteiger partial charge in [-0.1, -0.05) is 159 Å². The van der Waals surface area contributed by atoms with E-state index in [-0.39, 0.29) is 5.41 Å². The first-order chi connectivity index (χ1) is 30.0. The fourth-order valence-corrected chi connectivity index (χ4v) is 13.4. The summed E-state index contributed by atoms with van der Waals surface area (Å²) in [5, 5.41) is 3.62. The number of anilines is 3. The lowest BCUT2D eigenvalue weighted by molar-refractivity contribution is 0.660. The largest absolute Gasteiger partial charge is 0.454 e. The van der Waals surface area contributed by atoms with Crippen molar-refractivity contribution in [2.45, 2.75) is 37.5 Å². The lowest BCUT2D eigenvalue weighted by atomic mass is 9.70. The Morgan fingerprint density at radius 3 is 2.08 bits per heavy atom. The van der Waals surface area contributed by atoms with Gasteiger partial charge < -0.3 is 9.32 Å². The van der Waals surface area contributed by atoms with E-state index in [0.29, 0.717) is 0 Å². The molecule has 0 amide bonds. The van der Waals surface area contributed by atoms with Gasteiger partial charge in [0.1, 0.15) is 5.58 Å². The summed E-state index contributed by atoms with van der Waals surface area (Å²) in [6.07, 6.45) is 6.93. The van der Waals surface area contributed by atoms with Crippen LogP contribution in [-0.4, -0.2) is 0 Å². The first-order valence-electron chi connectivity index (χ1n) is 21.6. The van der Waals surface area contributed by atoms with Crippen molar-refractivity contribution < 1.29 is 4.42 Å². The minimum atomic E-state index is -0.560. The summed E-state index contributed by atoms with van der Waals surface area (Å²) in [5.41, 5.74) is 21.8. The minimum absolute atomic E-state index is 0.168. The van der Waals surface area contributed by atoms with Gasteiger partial charge in [-0.05, 0) is 104 Å². The molecule has 0 saturated heterocycles. The topological polar surface area (TPSA) is 16.4 Å². The molecule has 288 valence electrons. The molecule has 0 N–H and O–H groups in total. The molecule has 10 aromatic rings. The number of hydrogen-bond donors (Lipinski definition) is 0. The molecular formula is C58H39NOS. The lowest BCUT2D eigenvalue weighted by Crippen LogP contribution is -2.28. The van der Waals surface area contributed by atoms with E-state index in [1.165, 1.54) is 87.3 Å². The third kappa shape index (κ3) is 4.17. The van der Waals surface area contributed by atoms with Crippen molar-refractivity contribution in [1.82, 2.24) is 0 Å². The number of thiophene rings is 1. The maximum absolute atomic E-state index is 6.94. The summed E-state index contributed by atoms with van der Waals surface area (Å²) in [7, 11) is 0. The van der Waals surface area contributed by atoms with Crippen LogP contribution in [0.3, 0.4) is 0 Å². The van der Waals surface area contributed by atoms with E-state index < -0.39 is 5.41 Å². The van der Waals surface area contributed by atoms with Gasteiger partial charge in [0.25, 0.3) is 0 Å². The number of rotatable bonds is 3. The van der Waals surface area contributed by atoms with Crippen LogP contribution in [0.4, 0.5) is 17.1 Å². The highest BCUT2D eigenvalue weighted by Gasteiger charge is 2.54. The number of benzene rings is 8. The predicted octanol–water partition coefficient (Wildman–Crippen LogP) is 15.9. The number of nitrogens with zero attached hydrogens (tertiary/aromatic N) is 1. The summed E-state index contributed by atoms with van der Waals surface area (Å²) in [6.45, 7) is 4.76.